The summed E-state index contributed by atoms with van der Waals surface area (Å²) in [4.78, 5) is 13.3. The van der Waals surface area contributed by atoms with Gasteiger partial charge in [-0.1, -0.05) is 12.2 Å². The Morgan fingerprint density at radius 2 is 2.30 bits per heavy atom. The Morgan fingerprint density at radius 3 is 2.70 bits per heavy atom. The van der Waals surface area contributed by atoms with Gasteiger partial charge in [0.1, 0.15) is 4.99 Å². The summed E-state index contributed by atoms with van der Waals surface area (Å²) in [7, 11) is 0. The lowest BCUT2D eigenvalue weighted by atomic mass is 10.3. The van der Waals surface area contributed by atoms with Gasteiger partial charge in [-0.2, -0.15) is 0 Å². The molecule has 1 heterocycles. The zero-order valence-electron chi connectivity index (χ0n) is 5.13. The van der Waals surface area contributed by atoms with E-state index in [1.165, 1.54) is 12.3 Å². The topological polar surface area (TPSA) is 58.9 Å². The van der Waals surface area contributed by atoms with Crippen molar-refractivity contribution >= 4 is 17.2 Å². The second-order valence-corrected chi connectivity index (χ2v) is 2.25. The standard InChI is InChI=1S/C6H6N2OS/c7-6(10)4-1-2-5(9)8-3-4/h1-3H,(H2,7,10)(H,8,9). The Balaban J connectivity index is 3.12. The van der Waals surface area contributed by atoms with E-state index in [0.29, 0.717) is 5.56 Å². The highest BCUT2D eigenvalue weighted by Gasteiger charge is 1.92. The first kappa shape index (κ1) is 6.95. The highest BCUT2D eigenvalue weighted by Crippen LogP contribution is 1.90. The minimum Gasteiger partial charge on any atom is -0.389 e. The average molecular weight is 154 g/mol. The number of rotatable bonds is 1. The number of H-pyrrole nitrogens is 1. The van der Waals surface area contributed by atoms with Gasteiger partial charge in [-0.15, -0.1) is 0 Å². The predicted molar refractivity (Wildman–Crippen MR) is 43.0 cm³/mol. The van der Waals surface area contributed by atoms with E-state index >= 15 is 0 Å². The molecule has 1 rings (SSSR count). The molecule has 52 valence electrons. The normalized spacial score (nSPS) is 9.20. The van der Waals surface area contributed by atoms with Crippen LogP contribution in [0.2, 0.25) is 0 Å². The largest absolute Gasteiger partial charge is 0.389 e. The van der Waals surface area contributed by atoms with E-state index < -0.39 is 0 Å². The first-order valence-corrected chi connectivity index (χ1v) is 3.09. The minimum absolute atomic E-state index is 0.153. The van der Waals surface area contributed by atoms with Gasteiger partial charge in [0.05, 0.1) is 0 Å². The van der Waals surface area contributed by atoms with E-state index in [4.69, 9.17) is 5.73 Å². The van der Waals surface area contributed by atoms with Crippen molar-refractivity contribution in [2.45, 2.75) is 0 Å². The van der Waals surface area contributed by atoms with Crippen LogP contribution in [0.5, 0.6) is 0 Å². The highest BCUT2D eigenvalue weighted by molar-refractivity contribution is 7.80. The maximum atomic E-state index is 10.5. The smallest absolute Gasteiger partial charge is 0.247 e. The third-order valence-electron chi connectivity index (χ3n) is 1.07. The summed E-state index contributed by atoms with van der Waals surface area (Å²) in [6, 6.07) is 2.97. The Morgan fingerprint density at radius 1 is 1.60 bits per heavy atom. The summed E-state index contributed by atoms with van der Waals surface area (Å²) in [5, 5.41) is 0. The van der Waals surface area contributed by atoms with E-state index in [1.54, 1.807) is 6.07 Å². The second-order valence-electron chi connectivity index (χ2n) is 1.81. The third kappa shape index (κ3) is 1.41. The zero-order chi connectivity index (χ0) is 7.56. The Kier molecular flexibility index (Phi) is 1.82. The number of hydrogen-bond donors (Lipinski definition) is 2. The van der Waals surface area contributed by atoms with Crippen molar-refractivity contribution in [3.05, 3.63) is 34.2 Å². The third-order valence-corrected chi connectivity index (χ3v) is 1.30. The quantitative estimate of drug-likeness (QED) is 0.560. The van der Waals surface area contributed by atoms with E-state index in [1.807, 2.05) is 0 Å². The van der Waals surface area contributed by atoms with Gasteiger partial charge in [0.2, 0.25) is 5.56 Å². The van der Waals surface area contributed by atoms with Crippen molar-refractivity contribution in [2.24, 2.45) is 5.73 Å². The van der Waals surface area contributed by atoms with Crippen LogP contribution in [-0.2, 0) is 0 Å². The molecule has 0 radical (unpaired) electrons. The number of nitrogens with one attached hydrogen (secondary N) is 1. The fourth-order valence-electron chi connectivity index (χ4n) is 0.564. The number of nitrogens with two attached hydrogens (primary N) is 1. The summed E-state index contributed by atoms with van der Waals surface area (Å²) >= 11 is 4.66. The van der Waals surface area contributed by atoms with Crippen LogP contribution < -0.4 is 11.3 Å². The van der Waals surface area contributed by atoms with Gasteiger partial charge >= 0.3 is 0 Å². The minimum atomic E-state index is -0.153. The van der Waals surface area contributed by atoms with Crippen molar-refractivity contribution in [3.8, 4) is 0 Å². The van der Waals surface area contributed by atoms with E-state index in [-0.39, 0.29) is 10.5 Å². The molecule has 0 amide bonds. The molecular weight excluding hydrogens is 148 g/mol. The fourth-order valence-corrected chi connectivity index (χ4v) is 0.691. The molecule has 0 fully saturated rings. The van der Waals surface area contributed by atoms with Crippen molar-refractivity contribution in [2.75, 3.05) is 0 Å². The molecule has 10 heavy (non-hydrogen) atoms. The summed E-state index contributed by atoms with van der Waals surface area (Å²) in [6.45, 7) is 0. The molecule has 0 atom stereocenters. The average Bonchev–Trinajstić information content (AvgIpc) is 1.88. The lowest BCUT2D eigenvalue weighted by molar-refractivity contribution is 1.23. The predicted octanol–water partition coefficient (Wildman–Crippen LogP) is 0.00910. The van der Waals surface area contributed by atoms with Gasteiger partial charge in [0.15, 0.2) is 0 Å². The molecule has 0 aliphatic rings. The maximum absolute atomic E-state index is 10.5. The Hall–Kier alpha value is -1.16. The van der Waals surface area contributed by atoms with Crippen molar-refractivity contribution in [1.82, 2.24) is 4.98 Å². The molecule has 1 aromatic heterocycles. The Labute approximate surface area is 62.9 Å². The lowest BCUT2D eigenvalue weighted by Crippen LogP contribution is -2.12. The van der Waals surface area contributed by atoms with Crippen LogP contribution in [0, 0.1) is 0 Å². The van der Waals surface area contributed by atoms with Crippen LogP contribution in [-0.4, -0.2) is 9.97 Å². The maximum Gasteiger partial charge on any atom is 0.247 e. The molecule has 3 N–H and O–H groups in total. The number of hydrogen-bond acceptors (Lipinski definition) is 2. The van der Waals surface area contributed by atoms with Gasteiger partial charge in [-0.05, 0) is 6.07 Å². The molecular formula is C6H6N2OS. The van der Waals surface area contributed by atoms with E-state index in [0.717, 1.165) is 0 Å². The van der Waals surface area contributed by atoms with Crippen LogP contribution in [0.3, 0.4) is 0 Å². The van der Waals surface area contributed by atoms with Gasteiger partial charge in [-0.25, -0.2) is 0 Å². The van der Waals surface area contributed by atoms with Gasteiger partial charge in [0.25, 0.3) is 0 Å². The molecule has 0 saturated carbocycles. The van der Waals surface area contributed by atoms with Crippen LogP contribution in [0.15, 0.2) is 23.1 Å². The molecule has 0 aliphatic heterocycles. The molecule has 4 heteroatoms. The molecule has 0 bridgehead atoms. The van der Waals surface area contributed by atoms with Gasteiger partial charge in [0, 0.05) is 17.8 Å². The molecule has 1 aromatic rings. The summed E-state index contributed by atoms with van der Waals surface area (Å²) in [5.41, 5.74) is 5.80. The van der Waals surface area contributed by atoms with Crippen molar-refractivity contribution < 1.29 is 0 Å². The lowest BCUT2D eigenvalue weighted by Gasteiger charge is -1.93. The molecule has 3 nitrogen and oxygen atoms in total. The summed E-state index contributed by atoms with van der Waals surface area (Å²) in [6.07, 6.45) is 1.49. The van der Waals surface area contributed by atoms with Crippen LogP contribution in [0.1, 0.15) is 5.56 Å². The van der Waals surface area contributed by atoms with Crippen LogP contribution in [0.4, 0.5) is 0 Å². The van der Waals surface area contributed by atoms with E-state index in [9.17, 15) is 4.79 Å². The molecule has 0 aliphatic carbocycles. The Bertz CT molecular complexity index is 284. The fraction of sp³-hybridized carbons (Fsp3) is 0. The first-order valence-electron chi connectivity index (χ1n) is 2.68. The van der Waals surface area contributed by atoms with Crippen LogP contribution >= 0.6 is 12.2 Å². The van der Waals surface area contributed by atoms with Crippen molar-refractivity contribution in [3.63, 3.8) is 0 Å². The number of aromatic amines is 1. The number of pyridine rings is 1. The number of aromatic nitrogens is 1. The van der Waals surface area contributed by atoms with Gasteiger partial charge in [-0.3, -0.25) is 4.79 Å². The number of thiocarbonyl (C=S) groups is 1. The summed E-state index contributed by atoms with van der Waals surface area (Å²) < 4.78 is 0. The SMILES string of the molecule is NC(=S)c1ccc(=O)[nH]c1. The summed E-state index contributed by atoms with van der Waals surface area (Å²) in [5.74, 6) is 0. The second kappa shape index (κ2) is 2.62. The first-order chi connectivity index (χ1) is 4.70. The van der Waals surface area contributed by atoms with Crippen molar-refractivity contribution in [1.29, 1.82) is 0 Å². The molecule has 0 aromatic carbocycles. The monoisotopic (exact) mass is 154 g/mol. The van der Waals surface area contributed by atoms with Crippen LogP contribution in [0.25, 0.3) is 0 Å². The molecule has 0 unspecified atom stereocenters. The van der Waals surface area contributed by atoms with Gasteiger partial charge < -0.3 is 10.7 Å². The highest BCUT2D eigenvalue weighted by atomic mass is 32.1. The molecule has 0 spiro atoms. The van der Waals surface area contributed by atoms with E-state index in [2.05, 4.69) is 17.2 Å². The molecule has 0 saturated heterocycles. The zero-order valence-corrected chi connectivity index (χ0v) is 5.94.